The van der Waals surface area contributed by atoms with Gasteiger partial charge in [0.25, 0.3) is 0 Å². The third-order valence-corrected chi connectivity index (χ3v) is 5.95. The van der Waals surface area contributed by atoms with Crippen LogP contribution in [0.3, 0.4) is 0 Å². The number of fused-ring (bicyclic) bond motifs is 2. The standard InChI is InChI=1S/C17H33N3/c1-19-16-8-9-17(19)14-20(12-10-16)13-11-18-15-6-4-2-3-5-7-15/h15-18H,2-14H2,1H3. The van der Waals surface area contributed by atoms with Gasteiger partial charge in [-0.05, 0) is 45.7 Å². The van der Waals surface area contributed by atoms with Gasteiger partial charge in [0.05, 0.1) is 0 Å². The molecule has 2 saturated heterocycles. The van der Waals surface area contributed by atoms with Crippen molar-refractivity contribution >= 4 is 0 Å². The maximum atomic E-state index is 3.83. The molecule has 2 unspecified atom stereocenters. The van der Waals surface area contributed by atoms with Gasteiger partial charge in [-0.15, -0.1) is 0 Å². The van der Waals surface area contributed by atoms with E-state index >= 15 is 0 Å². The summed E-state index contributed by atoms with van der Waals surface area (Å²) in [5.74, 6) is 0. The van der Waals surface area contributed by atoms with Gasteiger partial charge in [0, 0.05) is 37.8 Å². The van der Waals surface area contributed by atoms with Crippen LogP contribution in [0.25, 0.3) is 0 Å². The Morgan fingerprint density at radius 2 is 1.65 bits per heavy atom. The maximum absolute atomic E-state index is 3.83. The molecule has 20 heavy (non-hydrogen) atoms. The highest BCUT2D eigenvalue weighted by atomic mass is 15.3. The van der Waals surface area contributed by atoms with Gasteiger partial charge < -0.3 is 10.2 Å². The van der Waals surface area contributed by atoms with Crippen LogP contribution in [0.15, 0.2) is 0 Å². The lowest BCUT2D eigenvalue weighted by atomic mass is 10.1. The van der Waals surface area contributed by atoms with E-state index in [4.69, 9.17) is 0 Å². The van der Waals surface area contributed by atoms with Gasteiger partial charge in [0.1, 0.15) is 0 Å². The molecule has 0 aromatic carbocycles. The molecular weight excluding hydrogens is 246 g/mol. The third kappa shape index (κ3) is 3.75. The quantitative estimate of drug-likeness (QED) is 0.798. The van der Waals surface area contributed by atoms with Crippen LogP contribution in [-0.2, 0) is 0 Å². The zero-order valence-electron chi connectivity index (χ0n) is 13.3. The van der Waals surface area contributed by atoms with E-state index in [-0.39, 0.29) is 0 Å². The number of likely N-dealkylation sites (tertiary alicyclic amines) is 1. The second kappa shape index (κ2) is 7.24. The molecule has 3 fully saturated rings. The molecule has 2 bridgehead atoms. The number of nitrogens with zero attached hydrogens (tertiary/aromatic N) is 2. The van der Waals surface area contributed by atoms with Crippen molar-refractivity contribution < 1.29 is 0 Å². The summed E-state index contributed by atoms with van der Waals surface area (Å²) in [6, 6.07) is 2.52. The van der Waals surface area contributed by atoms with Gasteiger partial charge in [-0.25, -0.2) is 0 Å². The van der Waals surface area contributed by atoms with E-state index in [1.165, 1.54) is 84.0 Å². The molecule has 1 N–H and O–H groups in total. The lowest BCUT2D eigenvalue weighted by Crippen LogP contribution is -2.41. The Hall–Kier alpha value is -0.120. The number of hydrogen-bond donors (Lipinski definition) is 1. The van der Waals surface area contributed by atoms with Gasteiger partial charge in [0.2, 0.25) is 0 Å². The van der Waals surface area contributed by atoms with Gasteiger partial charge in [-0.1, -0.05) is 25.7 Å². The van der Waals surface area contributed by atoms with Crippen LogP contribution in [0.5, 0.6) is 0 Å². The molecular formula is C17H33N3. The van der Waals surface area contributed by atoms with E-state index in [1.54, 1.807) is 0 Å². The molecule has 116 valence electrons. The lowest BCUT2D eigenvalue weighted by molar-refractivity contribution is 0.217. The third-order valence-electron chi connectivity index (χ3n) is 5.95. The number of rotatable bonds is 4. The first-order chi connectivity index (χ1) is 9.83. The Morgan fingerprint density at radius 3 is 2.45 bits per heavy atom. The second-order valence-electron chi connectivity index (χ2n) is 7.28. The Balaban J connectivity index is 1.38. The van der Waals surface area contributed by atoms with Crippen LogP contribution in [0.2, 0.25) is 0 Å². The van der Waals surface area contributed by atoms with E-state index in [0.717, 1.165) is 18.1 Å². The first kappa shape index (κ1) is 14.8. The van der Waals surface area contributed by atoms with Crippen LogP contribution >= 0.6 is 0 Å². The van der Waals surface area contributed by atoms with Crippen molar-refractivity contribution in [2.45, 2.75) is 75.9 Å². The summed E-state index contributed by atoms with van der Waals surface area (Å²) >= 11 is 0. The monoisotopic (exact) mass is 279 g/mol. The number of likely N-dealkylation sites (N-methyl/N-ethyl adjacent to an activating group) is 1. The number of hydrogen-bond acceptors (Lipinski definition) is 3. The van der Waals surface area contributed by atoms with E-state index in [0.29, 0.717) is 0 Å². The van der Waals surface area contributed by atoms with E-state index < -0.39 is 0 Å². The molecule has 0 aromatic heterocycles. The predicted molar refractivity (Wildman–Crippen MR) is 85.1 cm³/mol. The minimum absolute atomic E-state index is 0.809. The molecule has 0 spiro atoms. The Labute approximate surface area is 125 Å². The fourth-order valence-electron chi connectivity index (χ4n) is 4.49. The normalized spacial score (nSPS) is 34.0. The summed E-state index contributed by atoms with van der Waals surface area (Å²) in [6.07, 6.45) is 12.9. The minimum atomic E-state index is 0.809. The van der Waals surface area contributed by atoms with E-state index in [1.807, 2.05) is 0 Å². The smallest absolute Gasteiger partial charge is 0.0223 e. The van der Waals surface area contributed by atoms with E-state index in [9.17, 15) is 0 Å². The average Bonchev–Trinajstić information content (AvgIpc) is 2.61. The van der Waals surface area contributed by atoms with Crippen LogP contribution < -0.4 is 5.32 Å². The highest BCUT2D eigenvalue weighted by Crippen LogP contribution is 2.28. The first-order valence-corrected chi connectivity index (χ1v) is 9.00. The largest absolute Gasteiger partial charge is 0.313 e. The highest BCUT2D eigenvalue weighted by Gasteiger charge is 2.34. The molecule has 0 radical (unpaired) electrons. The Morgan fingerprint density at radius 1 is 0.900 bits per heavy atom. The summed E-state index contributed by atoms with van der Waals surface area (Å²) in [4.78, 5) is 5.36. The molecule has 3 rings (SSSR count). The van der Waals surface area contributed by atoms with Crippen molar-refractivity contribution in [3.05, 3.63) is 0 Å². The molecule has 1 aliphatic carbocycles. The van der Waals surface area contributed by atoms with Crippen molar-refractivity contribution in [3.8, 4) is 0 Å². The van der Waals surface area contributed by atoms with Crippen LogP contribution in [-0.4, -0.2) is 61.2 Å². The van der Waals surface area contributed by atoms with Crippen molar-refractivity contribution in [1.82, 2.24) is 15.1 Å². The topological polar surface area (TPSA) is 18.5 Å². The Bertz CT molecular complexity index is 286. The highest BCUT2D eigenvalue weighted by molar-refractivity contribution is 4.91. The summed E-state index contributed by atoms with van der Waals surface area (Å²) in [7, 11) is 2.34. The molecule has 2 atom stereocenters. The zero-order valence-corrected chi connectivity index (χ0v) is 13.3. The van der Waals surface area contributed by atoms with Crippen molar-refractivity contribution in [2.75, 3.05) is 33.2 Å². The maximum Gasteiger partial charge on any atom is 0.0223 e. The van der Waals surface area contributed by atoms with Crippen molar-refractivity contribution in [2.24, 2.45) is 0 Å². The first-order valence-electron chi connectivity index (χ1n) is 9.00. The summed E-state index contributed by atoms with van der Waals surface area (Å²) in [6.45, 7) is 5.08. The fraction of sp³-hybridized carbons (Fsp3) is 1.00. The molecule has 1 saturated carbocycles. The SMILES string of the molecule is CN1C2CCC1CN(CCNC1CCCCCC1)CC2. The Kier molecular flexibility index (Phi) is 5.36. The van der Waals surface area contributed by atoms with Gasteiger partial charge in [0.15, 0.2) is 0 Å². The van der Waals surface area contributed by atoms with Crippen molar-refractivity contribution in [3.63, 3.8) is 0 Å². The molecule has 2 aliphatic heterocycles. The van der Waals surface area contributed by atoms with Gasteiger partial charge in [-0.3, -0.25) is 4.90 Å². The van der Waals surface area contributed by atoms with Crippen LogP contribution in [0, 0.1) is 0 Å². The molecule has 3 aliphatic rings. The summed E-state index contributed by atoms with van der Waals surface area (Å²) < 4.78 is 0. The molecule has 3 nitrogen and oxygen atoms in total. The van der Waals surface area contributed by atoms with Crippen LogP contribution in [0.1, 0.15) is 57.8 Å². The zero-order chi connectivity index (χ0) is 13.8. The van der Waals surface area contributed by atoms with Crippen LogP contribution in [0.4, 0.5) is 0 Å². The molecule has 0 amide bonds. The molecule has 0 aromatic rings. The lowest BCUT2D eigenvalue weighted by Gasteiger charge is -2.26. The van der Waals surface area contributed by atoms with Crippen molar-refractivity contribution in [1.29, 1.82) is 0 Å². The van der Waals surface area contributed by atoms with Gasteiger partial charge >= 0.3 is 0 Å². The fourth-order valence-corrected chi connectivity index (χ4v) is 4.49. The van der Waals surface area contributed by atoms with Gasteiger partial charge in [-0.2, -0.15) is 0 Å². The second-order valence-corrected chi connectivity index (χ2v) is 7.28. The molecule has 3 heteroatoms. The average molecular weight is 279 g/mol. The number of nitrogens with one attached hydrogen (secondary N) is 1. The summed E-state index contributed by atoms with van der Waals surface area (Å²) in [5, 5.41) is 3.83. The molecule has 2 heterocycles. The van der Waals surface area contributed by atoms with E-state index in [2.05, 4.69) is 22.2 Å². The predicted octanol–water partition coefficient (Wildman–Crippen LogP) is 2.47. The minimum Gasteiger partial charge on any atom is -0.313 e. The summed E-state index contributed by atoms with van der Waals surface area (Å²) in [5.41, 5.74) is 0.